The van der Waals surface area contributed by atoms with Gasteiger partial charge in [0.15, 0.2) is 23.1 Å². The molecule has 2 aliphatic rings. The quantitative estimate of drug-likeness (QED) is 0.842. The molecule has 0 amide bonds. The fourth-order valence-corrected chi connectivity index (χ4v) is 4.59. The molecule has 0 saturated heterocycles. The lowest BCUT2D eigenvalue weighted by molar-refractivity contribution is -0.147. The molecule has 0 fully saturated rings. The summed E-state index contributed by atoms with van der Waals surface area (Å²) in [6, 6.07) is 4.13. The SMILES string of the molecule is C=CC1=CCC2(C)C(=O)C(C)=C(C)C(=O)C2(C)C1c1ccc(O)c(F)c1. The van der Waals surface area contributed by atoms with Crippen molar-refractivity contribution in [2.75, 3.05) is 0 Å². The van der Waals surface area contributed by atoms with Crippen molar-refractivity contribution in [1.29, 1.82) is 0 Å². The number of rotatable bonds is 2. The third-order valence-corrected chi connectivity index (χ3v) is 6.56. The van der Waals surface area contributed by atoms with Gasteiger partial charge in [-0.05, 0) is 54.7 Å². The summed E-state index contributed by atoms with van der Waals surface area (Å²) in [7, 11) is 0. The standard InChI is InChI=1S/C22H23FO3/c1-6-14-9-10-21(4)19(25)12(2)13(3)20(26)22(21,5)18(14)15-7-8-17(24)16(23)11-15/h6-9,11,18,24H,1,10H2,2-5H3. The minimum absolute atomic E-state index is 0.0410. The molecule has 1 aromatic rings. The van der Waals surface area contributed by atoms with Gasteiger partial charge in [0.2, 0.25) is 0 Å². The summed E-state index contributed by atoms with van der Waals surface area (Å²) in [5, 5.41) is 9.55. The Bertz CT molecular complexity index is 908. The van der Waals surface area contributed by atoms with Gasteiger partial charge in [0.25, 0.3) is 0 Å². The molecule has 4 heteroatoms. The van der Waals surface area contributed by atoms with Crippen molar-refractivity contribution >= 4 is 11.6 Å². The molecule has 0 aliphatic heterocycles. The molecule has 0 aromatic heterocycles. The molecular weight excluding hydrogens is 331 g/mol. The number of phenols is 1. The molecule has 3 rings (SSSR count). The Morgan fingerprint density at radius 3 is 2.38 bits per heavy atom. The maximum Gasteiger partial charge on any atom is 0.166 e. The van der Waals surface area contributed by atoms with E-state index in [4.69, 9.17) is 0 Å². The average Bonchev–Trinajstić information content (AvgIpc) is 2.62. The number of phenolic OH excluding ortho intramolecular Hbond substituents is 1. The molecule has 0 bridgehead atoms. The molecule has 1 aromatic carbocycles. The van der Waals surface area contributed by atoms with Crippen molar-refractivity contribution in [2.24, 2.45) is 10.8 Å². The first-order valence-electron chi connectivity index (χ1n) is 8.67. The van der Waals surface area contributed by atoms with E-state index >= 15 is 0 Å². The highest BCUT2D eigenvalue weighted by Crippen LogP contribution is 2.62. The first kappa shape index (κ1) is 18.3. The lowest BCUT2D eigenvalue weighted by Gasteiger charge is -2.54. The predicted molar refractivity (Wildman–Crippen MR) is 98.3 cm³/mol. The van der Waals surface area contributed by atoms with Gasteiger partial charge in [0.1, 0.15) is 0 Å². The molecule has 1 N–H and O–H groups in total. The predicted octanol–water partition coefficient (Wildman–Crippen LogP) is 4.63. The van der Waals surface area contributed by atoms with E-state index in [0.717, 1.165) is 5.57 Å². The van der Waals surface area contributed by atoms with Crippen LogP contribution in [0.25, 0.3) is 0 Å². The van der Waals surface area contributed by atoms with E-state index in [2.05, 4.69) is 6.58 Å². The fourth-order valence-electron chi connectivity index (χ4n) is 4.59. The lowest BCUT2D eigenvalue weighted by atomic mass is 9.45. The van der Waals surface area contributed by atoms with Gasteiger partial charge in [-0.15, -0.1) is 0 Å². The second-order valence-corrected chi connectivity index (χ2v) is 7.70. The molecule has 136 valence electrons. The Kier molecular flexibility index (Phi) is 4.06. The molecule has 2 aliphatic carbocycles. The zero-order chi connectivity index (χ0) is 19.4. The van der Waals surface area contributed by atoms with Crippen LogP contribution in [0, 0.1) is 16.6 Å². The summed E-state index contributed by atoms with van der Waals surface area (Å²) in [5.41, 5.74) is 0.330. The summed E-state index contributed by atoms with van der Waals surface area (Å²) in [5.74, 6) is -1.85. The second kappa shape index (κ2) is 5.76. The van der Waals surface area contributed by atoms with Gasteiger partial charge in [-0.25, -0.2) is 4.39 Å². The van der Waals surface area contributed by atoms with Crippen LogP contribution < -0.4 is 0 Å². The van der Waals surface area contributed by atoms with Crippen LogP contribution in [-0.4, -0.2) is 16.7 Å². The van der Waals surface area contributed by atoms with Crippen LogP contribution in [-0.2, 0) is 9.59 Å². The number of allylic oxidation sites excluding steroid dienone is 5. The van der Waals surface area contributed by atoms with Gasteiger partial charge in [-0.3, -0.25) is 9.59 Å². The van der Waals surface area contributed by atoms with Crippen molar-refractivity contribution in [3.05, 3.63) is 65.0 Å². The highest BCUT2D eigenvalue weighted by molar-refractivity contribution is 6.17. The molecule has 26 heavy (non-hydrogen) atoms. The number of hydrogen-bond donors (Lipinski definition) is 1. The summed E-state index contributed by atoms with van der Waals surface area (Å²) in [4.78, 5) is 26.6. The number of ketones is 2. The summed E-state index contributed by atoms with van der Waals surface area (Å²) < 4.78 is 14.1. The second-order valence-electron chi connectivity index (χ2n) is 7.70. The van der Waals surface area contributed by atoms with Gasteiger partial charge in [-0.2, -0.15) is 0 Å². The number of carbonyl (C=O) groups excluding carboxylic acids is 2. The lowest BCUT2D eigenvalue weighted by Crippen LogP contribution is -2.57. The smallest absolute Gasteiger partial charge is 0.166 e. The fraction of sp³-hybridized carbons (Fsp3) is 0.364. The van der Waals surface area contributed by atoms with E-state index in [1.807, 2.05) is 13.0 Å². The molecule has 0 saturated carbocycles. The summed E-state index contributed by atoms with van der Waals surface area (Å²) >= 11 is 0. The van der Waals surface area contributed by atoms with Gasteiger partial charge in [0, 0.05) is 11.3 Å². The Morgan fingerprint density at radius 1 is 1.19 bits per heavy atom. The Labute approximate surface area is 152 Å². The zero-order valence-electron chi connectivity index (χ0n) is 15.5. The van der Waals surface area contributed by atoms with Crippen LogP contribution in [0.5, 0.6) is 5.75 Å². The van der Waals surface area contributed by atoms with Gasteiger partial charge in [0.05, 0.1) is 5.41 Å². The molecule has 3 atom stereocenters. The Balaban J connectivity index is 2.34. The van der Waals surface area contributed by atoms with Crippen molar-refractivity contribution < 1.29 is 19.1 Å². The number of Topliss-reactive ketones (excluding diaryl/α,β-unsaturated/α-hetero) is 2. The topological polar surface area (TPSA) is 54.4 Å². The third-order valence-electron chi connectivity index (χ3n) is 6.56. The van der Waals surface area contributed by atoms with Crippen molar-refractivity contribution in [3.8, 4) is 5.75 Å². The molecule has 0 radical (unpaired) electrons. The number of halogens is 1. The Morgan fingerprint density at radius 2 is 1.81 bits per heavy atom. The van der Waals surface area contributed by atoms with Crippen LogP contribution in [0.4, 0.5) is 4.39 Å². The Hall–Kier alpha value is -2.49. The maximum atomic E-state index is 14.1. The summed E-state index contributed by atoms with van der Waals surface area (Å²) in [6.07, 6.45) is 4.01. The largest absolute Gasteiger partial charge is 0.505 e. The van der Waals surface area contributed by atoms with Crippen LogP contribution in [0.3, 0.4) is 0 Å². The molecular formula is C22H23FO3. The first-order chi connectivity index (χ1) is 12.1. The van der Waals surface area contributed by atoms with E-state index in [1.165, 1.54) is 12.1 Å². The van der Waals surface area contributed by atoms with Gasteiger partial charge >= 0.3 is 0 Å². The molecule has 3 nitrogen and oxygen atoms in total. The minimum atomic E-state index is -1.06. The van der Waals surface area contributed by atoms with E-state index in [0.29, 0.717) is 23.1 Å². The van der Waals surface area contributed by atoms with Crippen molar-refractivity contribution in [1.82, 2.24) is 0 Å². The number of benzene rings is 1. The maximum absolute atomic E-state index is 14.1. The van der Waals surface area contributed by atoms with Crippen LogP contribution >= 0.6 is 0 Å². The van der Waals surface area contributed by atoms with E-state index in [1.54, 1.807) is 32.9 Å². The van der Waals surface area contributed by atoms with Gasteiger partial charge in [-0.1, -0.05) is 38.6 Å². The number of fused-ring (bicyclic) bond motifs is 1. The number of hydrogen-bond acceptors (Lipinski definition) is 3. The number of carbonyl (C=O) groups is 2. The van der Waals surface area contributed by atoms with E-state index in [9.17, 15) is 19.1 Å². The van der Waals surface area contributed by atoms with Crippen LogP contribution in [0.1, 0.15) is 45.6 Å². The molecule has 0 heterocycles. The number of aromatic hydroxyl groups is 1. The van der Waals surface area contributed by atoms with E-state index in [-0.39, 0.29) is 11.6 Å². The first-order valence-corrected chi connectivity index (χ1v) is 8.67. The van der Waals surface area contributed by atoms with Crippen molar-refractivity contribution in [3.63, 3.8) is 0 Å². The zero-order valence-corrected chi connectivity index (χ0v) is 15.5. The van der Waals surface area contributed by atoms with Crippen molar-refractivity contribution in [2.45, 2.75) is 40.0 Å². The highest BCUT2D eigenvalue weighted by Gasteiger charge is 2.63. The van der Waals surface area contributed by atoms with Gasteiger partial charge < -0.3 is 5.11 Å². The van der Waals surface area contributed by atoms with Crippen LogP contribution in [0.2, 0.25) is 0 Å². The summed E-state index contributed by atoms with van der Waals surface area (Å²) in [6.45, 7) is 10.9. The molecule has 0 spiro atoms. The average molecular weight is 354 g/mol. The van der Waals surface area contributed by atoms with E-state index < -0.39 is 28.3 Å². The highest BCUT2D eigenvalue weighted by atomic mass is 19.1. The minimum Gasteiger partial charge on any atom is -0.505 e. The normalized spacial score (nSPS) is 31.6. The third kappa shape index (κ3) is 2.11. The van der Waals surface area contributed by atoms with Crippen LogP contribution in [0.15, 0.2) is 53.6 Å². The molecule has 3 unspecified atom stereocenters. The monoisotopic (exact) mass is 354 g/mol.